The van der Waals surface area contributed by atoms with Gasteiger partial charge in [-0.25, -0.2) is 0 Å². The lowest BCUT2D eigenvalue weighted by atomic mass is 9.96. The third-order valence-corrected chi connectivity index (χ3v) is 3.76. The van der Waals surface area contributed by atoms with Gasteiger partial charge in [-0.3, -0.25) is 4.79 Å². The predicted molar refractivity (Wildman–Crippen MR) is 73.0 cm³/mol. The number of nitrogens with zero attached hydrogens (tertiary/aromatic N) is 1. The van der Waals surface area contributed by atoms with E-state index in [-0.39, 0.29) is 6.42 Å². The number of hydrogen-bond acceptors (Lipinski definition) is 2. The van der Waals surface area contributed by atoms with Crippen LogP contribution in [0.2, 0.25) is 0 Å². The van der Waals surface area contributed by atoms with Crippen LogP contribution in [0.25, 0.3) is 0 Å². The molecular weight excluding hydrogens is 226 g/mol. The normalized spacial score (nSPS) is 24.0. The van der Waals surface area contributed by atoms with Gasteiger partial charge in [0.2, 0.25) is 0 Å². The van der Waals surface area contributed by atoms with Crippen LogP contribution in [0.3, 0.4) is 0 Å². The zero-order valence-electron chi connectivity index (χ0n) is 11.1. The van der Waals surface area contributed by atoms with Crippen LogP contribution >= 0.6 is 0 Å². The van der Waals surface area contributed by atoms with E-state index in [1.807, 2.05) is 18.2 Å². The second kappa shape index (κ2) is 5.42. The molecule has 18 heavy (non-hydrogen) atoms. The summed E-state index contributed by atoms with van der Waals surface area (Å²) in [6.07, 6.45) is 3.82. The maximum atomic E-state index is 10.8. The van der Waals surface area contributed by atoms with E-state index in [4.69, 9.17) is 5.11 Å². The summed E-state index contributed by atoms with van der Waals surface area (Å²) in [7, 11) is 0. The van der Waals surface area contributed by atoms with E-state index >= 15 is 0 Å². The Morgan fingerprint density at radius 3 is 2.61 bits per heavy atom. The summed E-state index contributed by atoms with van der Waals surface area (Å²) < 4.78 is 0. The fourth-order valence-corrected chi connectivity index (χ4v) is 2.93. The number of benzene rings is 1. The Morgan fingerprint density at radius 2 is 2.00 bits per heavy atom. The van der Waals surface area contributed by atoms with Crippen LogP contribution in [0.15, 0.2) is 24.3 Å². The van der Waals surface area contributed by atoms with Gasteiger partial charge in [0.25, 0.3) is 0 Å². The van der Waals surface area contributed by atoms with E-state index in [0.717, 1.165) is 11.3 Å². The van der Waals surface area contributed by atoms with Crippen LogP contribution in [-0.2, 0) is 11.2 Å². The third-order valence-electron chi connectivity index (χ3n) is 3.76. The summed E-state index contributed by atoms with van der Waals surface area (Å²) in [5.41, 5.74) is 2.04. The van der Waals surface area contributed by atoms with E-state index in [0.29, 0.717) is 12.1 Å². The molecule has 1 heterocycles. The van der Waals surface area contributed by atoms with Crippen LogP contribution in [0.5, 0.6) is 0 Å². The van der Waals surface area contributed by atoms with E-state index in [1.165, 1.54) is 19.3 Å². The number of rotatable bonds is 3. The summed E-state index contributed by atoms with van der Waals surface area (Å²) in [6.45, 7) is 4.50. The van der Waals surface area contributed by atoms with E-state index in [1.54, 1.807) is 0 Å². The Morgan fingerprint density at radius 1 is 1.33 bits per heavy atom. The van der Waals surface area contributed by atoms with Gasteiger partial charge in [-0.1, -0.05) is 12.1 Å². The largest absolute Gasteiger partial charge is 0.481 e. The minimum absolute atomic E-state index is 0.102. The SMILES string of the molecule is CC1CCCC(C)N1c1cccc(CC(=O)O)c1. The van der Waals surface area contributed by atoms with Crippen LogP contribution in [0, 0.1) is 0 Å². The lowest BCUT2D eigenvalue weighted by Crippen LogP contribution is -2.43. The van der Waals surface area contributed by atoms with Gasteiger partial charge >= 0.3 is 5.97 Å². The topological polar surface area (TPSA) is 40.5 Å². The van der Waals surface area contributed by atoms with Crippen LogP contribution in [0.4, 0.5) is 5.69 Å². The predicted octanol–water partition coefficient (Wildman–Crippen LogP) is 3.08. The summed E-state index contributed by atoms with van der Waals surface area (Å²) in [5, 5.41) is 8.86. The van der Waals surface area contributed by atoms with E-state index in [2.05, 4.69) is 24.8 Å². The van der Waals surface area contributed by atoms with Gasteiger partial charge in [0.15, 0.2) is 0 Å². The second-order valence-electron chi connectivity index (χ2n) is 5.28. The van der Waals surface area contributed by atoms with Gasteiger partial charge in [0, 0.05) is 17.8 Å². The number of carbonyl (C=O) groups is 1. The lowest BCUT2D eigenvalue weighted by Gasteiger charge is -2.41. The minimum Gasteiger partial charge on any atom is -0.481 e. The highest BCUT2D eigenvalue weighted by molar-refractivity contribution is 5.71. The first-order valence-electron chi connectivity index (χ1n) is 6.67. The smallest absolute Gasteiger partial charge is 0.307 e. The van der Waals surface area contributed by atoms with Crippen molar-refractivity contribution < 1.29 is 9.90 Å². The molecule has 1 N–H and O–H groups in total. The molecule has 1 aliphatic rings. The molecule has 1 aromatic carbocycles. The Balaban J connectivity index is 2.23. The van der Waals surface area contributed by atoms with Gasteiger partial charge in [-0.15, -0.1) is 0 Å². The Kier molecular flexibility index (Phi) is 3.90. The molecule has 1 aromatic rings. The Bertz CT molecular complexity index is 420. The van der Waals surface area contributed by atoms with Crippen molar-refractivity contribution in [3.05, 3.63) is 29.8 Å². The molecule has 98 valence electrons. The molecule has 0 amide bonds. The van der Waals surface area contributed by atoms with Crippen molar-refractivity contribution >= 4 is 11.7 Å². The van der Waals surface area contributed by atoms with Crippen molar-refractivity contribution in [2.24, 2.45) is 0 Å². The number of carboxylic acids is 1. The first kappa shape index (κ1) is 12.9. The standard InChI is InChI=1S/C15H21NO2/c1-11-5-3-6-12(2)16(11)14-8-4-7-13(9-14)10-15(17)18/h4,7-9,11-12H,3,5-6,10H2,1-2H3,(H,17,18). The monoisotopic (exact) mass is 247 g/mol. The number of hydrogen-bond donors (Lipinski definition) is 1. The first-order valence-corrected chi connectivity index (χ1v) is 6.67. The molecule has 2 unspecified atom stereocenters. The highest BCUT2D eigenvalue weighted by Crippen LogP contribution is 2.29. The van der Waals surface area contributed by atoms with Crippen LogP contribution in [0.1, 0.15) is 38.7 Å². The molecule has 2 rings (SSSR count). The quantitative estimate of drug-likeness (QED) is 0.892. The fourth-order valence-electron chi connectivity index (χ4n) is 2.93. The van der Waals surface area contributed by atoms with Gasteiger partial charge in [-0.2, -0.15) is 0 Å². The van der Waals surface area contributed by atoms with Crippen molar-refractivity contribution in [3.8, 4) is 0 Å². The molecule has 3 heteroatoms. The zero-order chi connectivity index (χ0) is 13.1. The number of aliphatic carboxylic acids is 1. The molecule has 2 atom stereocenters. The van der Waals surface area contributed by atoms with Crippen molar-refractivity contribution in [1.29, 1.82) is 0 Å². The maximum absolute atomic E-state index is 10.8. The second-order valence-corrected chi connectivity index (χ2v) is 5.28. The highest BCUT2D eigenvalue weighted by atomic mass is 16.4. The minimum atomic E-state index is -0.771. The molecule has 1 aliphatic heterocycles. The van der Waals surface area contributed by atoms with Crippen LogP contribution in [-0.4, -0.2) is 23.2 Å². The molecule has 0 spiro atoms. The molecule has 0 bridgehead atoms. The summed E-state index contributed by atoms with van der Waals surface area (Å²) in [5.74, 6) is -0.771. The Hall–Kier alpha value is -1.51. The van der Waals surface area contributed by atoms with Gasteiger partial charge in [0.1, 0.15) is 0 Å². The third kappa shape index (κ3) is 2.84. The molecule has 1 fully saturated rings. The summed E-state index contributed by atoms with van der Waals surface area (Å²) >= 11 is 0. The van der Waals surface area contributed by atoms with Crippen molar-refractivity contribution in [2.45, 2.75) is 51.6 Å². The average Bonchev–Trinajstić information content (AvgIpc) is 2.28. The van der Waals surface area contributed by atoms with Gasteiger partial charge < -0.3 is 10.0 Å². The molecule has 0 aromatic heterocycles. The molecule has 3 nitrogen and oxygen atoms in total. The number of anilines is 1. The molecule has 0 aliphatic carbocycles. The number of piperidine rings is 1. The first-order chi connectivity index (χ1) is 8.58. The Labute approximate surface area is 108 Å². The molecule has 0 radical (unpaired) electrons. The van der Waals surface area contributed by atoms with Crippen molar-refractivity contribution in [3.63, 3.8) is 0 Å². The fraction of sp³-hybridized carbons (Fsp3) is 0.533. The summed E-state index contributed by atoms with van der Waals surface area (Å²) in [6, 6.07) is 9.02. The molecular formula is C15H21NO2. The molecule has 0 saturated carbocycles. The van der Waals surface area contributed by atoms with Crippen molar-refractivity contribution in [1.82, 2.24) is 0 Å². The molecule has 1 saturated heterocycles. The van der Waals surface area contributed by atoms with Gasteiger partial charge in [-0.05, 0) is 50.8 Å². The van der Waals surface area contributed by atoms with E-state index in [9.17, 15) is 4.79 Å². The average molecular weight is 247 g/mol. The van der Waals surface area contributed by atoms with Crippen LogP contribution < -0.4 is 4.90 Å². The van der Waals surface area contributed by atoms with Crippen molar-refractivity contribution in [2.75, 3.05) is 4.90 Å². The lowest BCUT2D eigenvalue weighted by molar-refractivity contribution is -0.136. The van der Waals surface area contributed by atoms with Gasteiger partial charge in [0.05, 0.1) is 6.42 Å². The number of carboxylic acid groups (broad SMARTS) is 1. The highest BCUT2D eigenvalue weighted by Gasteiger charge is 2.24. The maximum Gasteiger partial charge on any atom is 0.307 e. The summed E-state index contributed by atoms with van der Waals surface area (Å²) in [4.78, 5) is 13.2. The van der Waals surface area contributed by atoms with E-state index < -0.39 is 5.97 Å². The zero-order valence-corrected chi connectivity index (χ0v) is 11.1.